The van der Waals surface area contributed by atoms with Gasteiger partial charge in [-0.25, -0.2) is 9.97 Å². The number of carbonyl (C=O) groups is 1. The fourth-order valence-electron chi connectivity index (χ4n) is 4.62. The summed E-state index contributed by atoms with van der Waals surface area (Å²) in [5.41, 5.74) is 9.19. The van der Waals surface area contributed by atoms with Gasteiger partial charge in [0.2, 0.25) is 5.91 Å². The molecule has 1 aromatic carbocycles. The molecular formula is C26H33IN6O2. The molecular weight excluding hydrogens is 555 g/mol. The minimum atomic E-state index is -0.0106. The number of rotatable bonds is 8. The molecule has 0 spiro atoms. The van der Waals surface area contributed by atoms with Gasteiger partial charge in [-0.1, -0.05) is 35.9 Å². The van der Waals surface area contributed by atoms with Crippen LogP contribution in [-0.2, 0) is 4.79 Å². The van der Waals surface area contributed by atoms with Crippen molar-refractivity contribution < 1.29 is 9.53 Å². The van der Waals surface area contributed by atoms with Crippen molar-refractivity contribution in [2.24, 2.45) is 0 Å². The van der Waals surface area contributed by atoms with E-state index in [-0.39, 0.29) is 15.9 Å². The van der Waals surface area contributed by atoms with E-state index < -0.39 is 0 Å². The Hall–Kier alpha value is -2.53. The Labute approximate surface area is 220 Å². The van der Waals surface area contributed by atoms with Gasteiger partial charge in [-0.3, -0.25) is 14.7 Å². The van der Waals surface area contributed by atoms with E-state index >= 15 is 0 Å². The fourth-order valence-corrected chi connectivity index (χ4v) is 5.39. The van der Waals surface area contributed by atoms with Gasteiger partial charge in [-0.15, -0.1) is 0 Å². The summed E-state index contributed by atoms with van der Waals surface area (Å²) in [6.45, 7) is 6.95. The fraction of sp³-hybridized carbons (Fsp3) is 0.462. The number of halogens is 1. The average molecular weight is 588 g/mol. The number of ether oxygens (including phenoxy) is 1. The Morgan fingerprint density at radius 1 is 1.26 bits per heavy atom. The van der Waals surface area contributed by atoms with Crippen LogP contribution in [0.25, 0.3) is 22.0 Å². The number of anilines is 1. The summed E-state index contributed by atoms with van der Waals surface area (Å²) in [7, 11) is 1.90. The number of alkyl halides is 1. The molecule has 0 bridgehead atoms. The van der Waals surface area contributed by atoms with Gasteiger partial charge in [0.15, 0.2) is 0 Å². The maximum absolute atomic E-state index is 13.2. The molecule has 2 aromatic heterocycles. The van der Waals surface area contributed by atoms with E-state index in [0.29, 0.717) is 30.4 Å². The maximum Gasteiger partial charge on any atom is 0.239 e. The molecule has 3 heterocycles. The second-order valence-electron chi connectivity index (χ2n) is 9.06. The van der Waals surface area contributed by atoms with Crippen molar-refractivity contribution in [2.45, 2.75) is 43.1 Å². The van der Waals surface area contributed by atoms with Crippen LogP contribution in [0.1, 0.15) is 32.0 Å². The molecule has 0 radical (unpaired) electrons. The highest BCUT2D eigenvalue weighted by molar-refractivity contribution is 14.1. The van der Waals surface area contributed by atoms with Crippen molar-refractivity contribution in [2.75, 3.05) is 39.0 Å². The van der Waals surface area contributed by atoms with E-state index in [1.54, 1.807) is 18.6 Å². The van der Waals surface area contributed by atoms with Crippen molar-refractivity contribution >= 4 is 45.1 Å². The lowest BCUT2D eigenvalue weighted by Crippen LogP contribution is -2.51. The third kappa shape index (κ3) is 6.00. The largest absolute Gasteiger partial charge is 0.491 e. The first-order chi connectivity index (χ1) is 16.9. The molecule has 1 aliphatic heterocycles. The Bertz CT molecular complexity index is 1170. The second-order valence-corrected chi connectivity index (χ2v) is 10.8. The number of nitrogens with zero attached hydrogens (tertiary/aromatic N) is 5. The second kappa shape index (κ2) is 11.5. The lowest BCUT2D eigenvalue weighted by Gasteiger charge is -2.36. The Balaban J connectivity index is 1.51. The van der Waals surface area contributed by atoms with Gasteiger partial charge in [0.25, 0.3) is 0 Å². The van der Waals surface area contributed by atoms with Crippen molar-refractivity contribution in [1.82, 2.24) is 24.8 Å². The molecule has 35 heavy (non-hydrogen) atoms. The molecule has 186 valence electrons. The number of aryl methyl sites for hydroxylation is 1. The lowest BCUT2D eigenvalue weighted by molar-refractivity contribution is -0.136. The minimum absolute atomic E-state index is 0.0106. The van der Waals surface area contributed by atoms with E-state index in [9.17, 15) is 4.79 Å². The summed E-state index contributed by atoms with van der Waals surface area (Å²) in [6, 6.07) is 5.81. The standard InChI is InChI=1S/C26H33IN6O2/c1-4-33-10-6-5-7-24(33)26(34)32(3)15-19(27)16-35-25-21(18-12-29-17(2)30-13-18)8-9-23-22(25)11-20(28)14-31-23/h8-9,11-14,19,24H,4-7,10,15-16,28H2,1-3H3/t19?,24-/m0/s1. The van der Waals surface area contributed by atoms with Crippen LogP contribution < -0.4 is 10.5 Å². The van der Waals surface area contributed by atoms with Crippen LogP contribution in [0.5, 0.6) is 5.75 Å². The average Bonchev–Trinajstić information content (AvgIpc) is 2.87. The molecule has 9 heteroatoms. The summed E-state index contributed by atoms with van der Waals surface area (Å²) in [6.07, 6.45) is 8.46. The van der Waals surface area contributed by atoms with E-state index in [1.807, 2.05) is 37.1 Å². The van der Waals surface area contributed by atoms with Crippen LogP contribution in [0, 0.1) is 6.92 Å². The summed E-state index contributed by atoms with van der Waals surface area (Å²) in [5.74, 6) is 1.62. The van der Waals surface area contributed by atoms with Gasteiger partial charge in [0.1, 0.15) is 18.2 Å². The maximum atomic E-state index is 13.2. The molecule has 4 rings (SSSR count). The molecule has 0 saturated carbocycles. The Kier molecular flexibility index (Phi) is 8.38. The van der Waals surface area contributed by atoms with Crippen molar-refractivity contribution in [3.05, 3.63) is 42.6 Å². The number of likely N-dealkylation sites (N-methyl/N-ethyl adjacent to an activating group) is 2. The topological polar surface area (TPSA) is 97.5 Å². The van der Waals surface area contributed by atoms with Crippen molar-refractivity contribution in [3.63, 3.8) is 0 Å². The predicted octanol–water partition coefficient (Wildman–Crippen LogP) is 4.10. The molecule has 0 aliphatic carbocycles. The number of likely N-dealkylation sites (tertiary alicyclic amines) is 1. The molecule has 1 saturated heterocycles. The van der Waals surface area contributed by atoms with Gasteiger partial charge in [0, 0.05) is 42.5 Å². The zero-order chi connectivity index (χ0) is 24.9. The van der Waals surface area contributed by atoms with Crippen LogP contribution in [0.2, 0.25) is 0 Å². The summed E-state index contributed by atoms with van der Waals surface area (Å²) < 4.78 is 6.52. The van der Waals surface area contributed by atoms with Crippen molar-refractivity contribution in [3.8, 4) is 16.9 Å². The third-order valence-electron chi connectivity index (χ3n) is 6.49. The van der Waals surface area contributed by atoms with Crippen LogP contribution in [0.4, 0.5) is 5.69 Å². The first-order valence-corrected chi connectivity index (χ1v) is 13.3. The third-order valence-corrected chi connectivity index (χ3v) is 7.24. The summed E-state index contributed by atoms with van der Waals surface area (Å²) >= 11 is 2.37. The molecule has 2 atom stereocenters. The monoisotopic (exact) mass is 588 g/mol. The zero-order valence-electron chi connectivity index (χ0n) is 20.6. The zero-order valence-corrected chi connectivity index (χ0v) is 22.7. The molecule has 8 nitrogen and oxygen atoms in total. The van der Waals surface area contributed by atoms with Gasteiger partial charge in [0.05, 0.1) is 27.4 Å². The first-order valence-electron chi connectivity index (χ1n) is 12.1. The smallest absolute Gasteiger partial charge is 0.239 e. The first kappa shape index (κ1) is 25.6. The van der Waals surface area contributed by atoms with Crippen LogP contribution >= 0.6 is 22.6 Å². The number of nitrogen functional groups attached to an aromatic ring is 1. The number of hydrogen-bond donors (Lipinski definition) is 1. The number of nitrogens with two attached hydrogens (primary N) is 1. The number of hydrogen-bond acceptors (Lipinski definition) is 7. The SMILES string of the molecule is CCN1CCCC[C@H]1C(=O)N(C)CC(I)COc1c(-c2cnc(C)nc2)ccc2ncc(N)cc12. The number of benzene rings is 1. The quantitative estimate of drug-likeness (QED) is 0.313. The predicted molar refractivity (Wildman–Crippen MR) is 148 cm³/mol. The van der Waals surface area contributed by atoms with Gasteiger partial charge in [-0.05, 0) is 51.1 Å². The van der Waals surface area contributed by atoms with E-state index in [4.69, 9.17) is 10.5 Å². The Morgan fingerprint density at radius 3 is 2.77 bits per heavy atom. The minimum Gasteiger partial charge on any atom is -0.491 e. The Morgan fingerprint density at radius 2 is 2.03 bits per heavy atom. The number of fused-ring (bicyclic) bond motifs is 1. The van der Waals surface area contributed by atoms with Crippen LogP contribution in [-0.4, -0.2) is 73.9 Å². The normalized spacial score (nSPS) is 17.3. The number of carbonyl (C=O) groups excluding carboxylic acids is 1. The van der Waals surface area contributed by atoms with Gasteiger partial charge >= 0.3 is 0 Å². The highest BCUT2D eigenvalue weighted by atomic mass is 127. The lowest BCUT2D eigenvalue weighted by atomic mass is 10.0. The molecule has 2 N–H and O–H groups in total. The number of aromatic nitrogens is 3. The number of amides is 1. The van der Waals surface area contributed by atoms with Crippen LogP contribution in [0.3, 0.4) is 0 Å². The van der Waals surface area contributed by atoms with Crippen LogP contribution in [0.15, 0.2) is 36.8 Å². The van der Waals surface area contributed by atoms with Gasteiger partial charge in [-0.2, -0.15) is 0 Å². The van der Waals surface area contributed by atoms with E-state index in [2.05, 4.69) is 49.4 Å². The molecule has 1 fully saturated rings. The molecule has 1 unspecified atom stereocenters. The van der Waals surface area contributed by atoms with E-state index in [0.717, 1.165) is 48.0 Å². The van der Waals surface area contributed by atoms with Gasteiger partial charge < -0.3 is 15.4 Å². The summed E-state index contributed by atoms with van der Waals surface area (Å²) in [5, 5.41) is 0.844. The molecule has 1 aliphatic rings. The highest BCUT2D eigenvalue weighted by Gasteiger charge is 2.30. The molecule has 1 amide bonds. The van der Waals surface area contributed by atoms with Crippen molar-refractivity contribution in [1.29, 1.82) is 0 Å². The van der Waals surface area contributed by atoms with E-state index in [1.165, 1.54) is 6.42 Å². The highest BCUT2D eigenvalue weighted by Crippen LogP contribution is 2.37. The number of piperidine rings is 1. The summed E-state index contributed by atoms with van der Waals surface area (Å²) in [4.78, 5) is 30.5. The molecule has 3 aromatic rings. The number of pyridine rings is 1.